The Morgan fingerprint density at radius 1 is 1.62 bits per heavy atom. The van der Waals surface area contributed by atoms with E-state index in [1.54, 1.807) is 0 Å². The molecule has 0 radical (unpaired) electrons. The molecule has 0 bridgehead atoms. The van der Waals surface area contributed by atoms with E-state index < -0.39 is 6.10 Å². The van der Waals surface area contributed by atoms with Gasteiger partial charge in [-0.3, -0.25) is 4.84 Å². The van der Waals surface area contributed by atoms with Crippen LogP contribution in [0.4, 0.5) is 0 Å². The molecule has 0 aromatic rings. The summed E-state index contributed by atoms with van der Waals surface area (Å²) in [5.74, 6) is 4.78. The van der Waals surface area contributed by atoms with Crippen LogP contribution in [0.2, 0.25) is 0 Å². The normalized spacial score (nSPS) is 38.2. The van der Waals surface area contributed by atoms with Gasteiger partial charge in [0.2, 0.25) is 0 Å². The lowest BCUT2D eigenvalue weighted by Crippen LogP contribution is -2.29. The Kier molecular flexibility index (Phi) is 1.80. The highest BCUT2D eigenvalue weighted by Crippen LogP contribution is 2.06. The summed E-state index contributed by atoms with van der Waals surface area (Å²) in [7, 11) is 0. The molecule has 0 unspecified atom stereocenters. The van der Waals surface area contributed by atoms with Gasteiger partial charge in [-0.15, -0.1) is 0 Å². The van der Waals surface area contributed by atoms with Gasteiger partial charge in [-0.05, 0) is 0 Å². The van der Waals surface area contributed by atoms with Crippen LogP contribution in [0, 0.1) is 0 Å². The first-order valence-corrected chi connectivity index (χ1v) is 2.46. The quantitative estimate of drug-likeness (QED) is 0.418. The maximum absolute atomic E-state index is 8.86. The van der Waals surface area contributed by atoms with Crippen molar-refractivity contribution in [1.82, 2.24) is 0 Å². The van der Waals surface area contributed by atoms with Crippen molar-refractivity contribution >= 4 is 0 Å². The third-order valence-electron chi connectivity index (χ3n) is 1.17. The molecule has 1 rings (SSSR count). The fraction of sp³-hybridized carbons (Fsp3) is 1.00. The largest absolute Gasteiger partial charge is 0.388 e. The summed E-state index contributed by atoms with van der Waals surface area (Å²) in [6.45, 7) is 0.736. The zero-order valence-electron chi connectivity index (χ0n) is 4.41. The van der Waals surface area contributed by atoms with Crippen LogP contribution in [0.1, 0.15) is 0 Å². The highest BCUT2D eigenvalue weighted by Gasteiger charge is 2.25. The van der Waals surface area contributed by atoms with Crippen molar-refractivity contribution in [1.29, 1.82) is 0 Å². The van der Waals surface area contributed by atoms with E-state index in [4.69, 9.17) is 15.7 Å². The van der Waals surface area contributed by atoms with Crippen LogP contribution < -0.4 is 5.90 Å². The van der Waals surface area contributed by atoms with Gasteiger partial charge in [0.1, 0.15) is 12.2 Å². The lowest BCUT2D eigenvalue weighted by Gasteiger charge is -2.06. The average Bonchev–Trinajstić information content (AvgIpc) is 2.14. The monoisotopic (exact) mass is 119 g/mol. The van der Waals surface area contributed by atoms with Crippen molar-refractivity contribution in [3.05, 3.63) is 0 Å². The third-order valence-corrected chi connectivity index (χ3v) is 1.17. The first-order valence-electron chi connectivity index (χ1n) is 2.46. The van der Waals surface area contributed by atoms with Gasteiger partial charge in [0, 0.05) is 0 Å². The zero-order chi connectivity index (χ0) is 5.98. The number of ether oxygens (including phenoxy) is 1. The molecule has 3 N–H and O–H groups in total. The summed E-state index contributed by atoms with van der Waals surface area (Å²) >= 11 is 0. The molecule has 1 aliphatic heterocycles. The van der Waals surface area contributed by atoms with Crippen LogP contribution in [0.3, 0.4) is 0 Å². The van der Waals surface area contributed by atoms with Crippen molar-refractivity contribution in [3.8, 4) is 0 Å². The van der Waals surface area contributed by atoms with Crippen LogP contribution in [0.25, 0.3) is 0 Å². The molecular formula is C4H9NO3. The molecule has 4 nitrogen and oxygen atoms in total. The lowest BCUT2D eigenvalue weighted by atomic mass is 10.3. The molecule has 0 aliphatic carbocycles. The van der Waals surface area contributed by atoms with E-state index in [2.05, 4.69) is 4.84 Å². The number of hydrogen-bond donors (Lipinski definition) is 2. The van der Waals surface area contributed by atoms with Crippen LogP contribution in [-0.4, -0.2) is 30.5 Å². The van der Waals surface area contributed by atoms with Crippen molar-refractivity contribution < 1.29 is 14.7 Å². The van der Waals surface area contributed by atoms with Gasteiger partial charge < -0.3 is 9.84 Å². The maximum atomic E-state index is 8.86. The second-order valence-electron chi connectivity index (χ2n) is 1.78. The minimum atomic E-state index is -0.542. The van der Waals surface area contributed by atoms with E-state index in [-0.39, 0.29) is 6.10 Å². The Balaban J connectivity index is 2.30. The fourth-order valence-electron chi connectivity index (χ4n) is 0.653. The van der Waals surface area contributed by atoms with Gasteiger partial charge in [-0.25, -0.2) is 5.90 Å². The predicted octanol–water partition coefficient (Wildman–Crippen LogP) is -1.36. The summed E-state index contributed by atoms with van der Waals surface area (Å²) in [5, 5.41) is 8.86. The molecule has 4 heteroatoms. The zero-order valence-corrected chi connectivity index (χ0v) is 4.41. The first kappa shape index (κ1) is 5.97. The Hall–Kier alpha value is -0.160. The highest BCUT2D eigenvalue weighted by molar-refractivity contribution is 4.72. The van der Waals surface area contributed by atoms with E-state index in [0.29, 0.717) is 13.2 Å². The summed E-state index contributed by atoms with van der Waals surface area (Å²) in [5.41, 5.74) is 0. The Bertz CT molecular complexity index is 77.7. The van der Waals surface area contributed by atoms with Crippen LogP contribution in [0.5, 0.6) is 0 Å². The van der Waals surface area contributed by atoms with Gasteiger partial charge in [0.15, 0.2) is 0 Å². The van der Waals surface area contributed by atoms with Crippen molar-refractivity contribution in [2.45, 2.75) is 12.2 Å². The van der Waals surface area contributed by atoms with E-state index in [1.807, 2.05) is 0 Å². The summed E-state index contributed by atoms with van der Waals surface area (Å²) in [6, 6.07) is 0. The van der Waals surface area contributed by atoms with E-state index in [0.717, 1.165) is 0 Å². The molecule has 2 atom stereocenters. The second kappa shape index (κ2) is 2.41. The average molecular weight is 119 g/mol. The number of aliphatic hydroxyl groups excluding tert-OH is 1. The molecule has 1 saturated heterocycles. The molecule has 8 heavy (non-hydrogen) atoms. The van der Waals surface area contributed by atoms with Crippen LogP contribution >= 0.6 is 0 Å². The Morgan fingerprint density at radius 2 is 2.38 bits per heavy atom. The van der Waals surface area contributed by atoms with E-state index >= 15 is 0 Å². The maximum Gasteiger partial charge on any atom is 0.130 e. The van der Waals surface area contributed by atoms with Gasteiger partial charge in [0.25, 0.3) is 0 Å². The number of nitrogens with two attached hydrogens (primary N) is 1. The first-order chi connectivity index (χ1) is 3.84. The molecule has 0 aromatic carbocycles. The summed E-state index contributed by atoms with van der Waals surface area (Å²) in [6.07, 6.45) is -0.866. The van der Waals surface area contributed by atoms with Gasteiger partial charge in [-0.2, -0.15) is 0 Å². The van der Waals surface area contributed by atoms with E-state index in [9.17, 15) is 0 Å². The van der Waals surface area contributed by atoms with Crippen LogP contribution in [-0.2, 0) is 9.57 Å². The smallest absolute Gasteiger partial charge is 0.130 e. The lowest BCUT2D eigenvalue weighted by molar-refractivity contribution is -0.0106. The molecule has 1 aliphatic rings. The van der Waals surface area contributed by atoms with Gasteiger partial charge in [0.05, 0.1) is 13.2 Å². The number of hydrogen-bond acceptors (Lipinski definition) is 4. The number of rotatable bonds is 1. The third kappa shape index (κ3) is 0.976. The Labute approximate surface area is 47.1 Å². The molecule has 48 valence electrons. The van der Waals surface area contributed by atoms with Gasteiger partial charge in [-0.1, -0.05) is 0 Å². The standard InChI is InChI=1S/C4H9NO3/c5-8-4-2-7-1-3(4)6/h3-4,6H,1-2,5H2/t3-,4-/m1/s1. The van der Waals surface area contributed by atoms with Crippen molar-refractivity contribution in [3.63, 3.8) is 0 Å². The molecule has 0 spiro atoms. The van der Waals surface area contributed by atoms with Crippen LogP contribution in [0.15, 0.2) is 0 Å². The molecule has 0 aromatic heterocycles. The molecule has 0 amide bonds. The summed E-state index contributed by atoms with van der Waals surface area (Å²) in [4.78, 5) is 4.35. The van der Waals surface area contributed by atoms with Crippen molar-refractivity contribution in [2.75, 3.05) is 13.2 Å². The Morgan fingerprint density at radius 3 is 2.62 bits per heavy atom. The molecule has 1 heterocycles. The fourth-order valence-corrected chi connectivity index (χ4v) is 0.653. The minimum absolute atomic E-state index is 0.324. The van der Waals surface area contributed by atoms with E-state index in [1.165, 1.54) is 0 Å². The SMILES string of the molecule is NO[C@@H]1COC[C@H]1O. The van der Waals surface area contributed by atoms with Gasteiger partial charge >= 0.3 is 0 Å². The van der Waals surface area contributed by atoms with Crippen molar-refractivity contribution in [2.24, 2.45) is 5.90 Å². The molecule has 1 fully saturated rings. The topological polar surface area (TPSA) is 64.7 Å². The predicted molar refractivity (Wildman–Crippen MR) is 25.9 cm³/mol. The number of aliphatic hydroxyl groups is 1. The summed E-state index contributed by atoms with van der Waals surface area (Å²) < 4.78 is 4.81. The molecular weight excluding hydrogens is 110 g/mol. The molecule has 0 saturated carbocycles. The highest BCUT2D eigenvalue weighted by atomic mass is 16.7. The minimum Gasteiger partial charge on any atom is -0.388 e. The second-order valence-corrected chi connectivity index (χ2v) is 1.78.